The molecule has 2 aromatic rings. The van der Waals surface area contributed by atoms with E-state index in [9.17, 15) is 14.4 Å². The Hall–Kier alpha value is -3.41. The summed E-state index contributed by atoms with van der Waals surface area (Å²) in [5.41, 5.74) is 5.80. The number of amides is 1. The zero-order chi connectivity index (χ0) is 23.3. The minimum Gasteiger partial charge on any atom is -0.370 e. The van der Waals surface area contributed by atoms with E-state index in [1.807, 2.05) is 0 Å². The van der Waals surface area contributed by atoms with Crippen molar-refractivity contribution in [3.8, 4) is 0 Å². The Labute approximate surface area is 190 Å². The van der Waals surface area contributed by atoms with Gasteiger partial charge in [0.25, 0.3) is 5.91 Å². The fourth-order valence-corrected chi connectivity index (χ4v) is 3.47. The molecule has 3 rings (SSSR count). The van der Waals surface area contributed by atoms with Crippen molar-refractivity contribution in [1.82, 2.24) is 5.06 Å². The monoisotopic (exact) mass is 436 g/mol. The van der Waals surface area contributed by atoms with Crippen molar-refractivity contribution in [3.63, 3.8) is 0 Å². The predicted molar refractivity (Wildman–Crippen MR) is 126 cm³/mol. The van der Waals surface area contributed by atoms with Crippen LogP contribution in [-0.2, 0) is 38.6 Å². The Kier molecular flexibility index (Phi) is 10.2. The van der Waals surface area contributed by atoms with Crippen molar-refractivity contribution < 1.29 is 19.2 Å². The molecule has 6 nitrogen and oxygen atoms in total. The lowest BCUT2D eigenvalue weighted by atomic mass is 9.96. The van der Waals surface area contributed by atoms with Gasteiger partial charge in [0, 0.05) is 39.2 Å². The van der Waals surface area contributed by atoms with Crippen LogP contribution in [0.1, 0.15) is 42.4 Å². The number of anilines is 1. The van der Waals surface area contributed by atoms with Crippen LogP contribution in [0.3, 0.4) is 0 Å². The summed E-state index contributed by atoms with van der Waals surface area (Å²) in [7, 11) is 3.55. The number of nitrogens with zero attached hydrogens (tertiary/aromatic N) is 2. The number of allylic oxidation sites excluding steroid dienone is 1. The van der Waals surface area contributed by atoms with E-state index in [-0.39, 0.29) is 25.2 Å². The van der Waals surface area contributed by atoms with Crippen molar-refractivity contribution in [3.05, 3.63) is 77.9 Å². The van der Waals surface area contributed by atoms with E-state index in [4.69, 9.17) is 0 Å². The molecule has 0 aromatic heterocycles. The molecule has 1 heterocycles. The average Bonchev–Trinajstić information content (AvgIpc) is 2.80. The lowest BCUT2D eigenvalue weighted by Gasteiger charge is -2.26. The first kappa shape index (κ1) is 24.9. The maximum atomic E-state index is 11.2. The molecule has 0 unspecified atom stereocenters. The van der Waals surface area contributed by atoms with Crippen LogP contribution in [0.5, 0.6) is 0 Å². The number of para-hydroxylation sites is 1. The first-order valence-electron chi connectivity index (χ1n) is 10.8. The normalized spacial score (nSPS) is 12.0. The highest BCUT2D eigenvalue weighted by Crippen LogP contribution is 2.26. The number of aldehydes is 1. The lowest BCUT2D eigenvalue weighted by molar-refractivity contribution is -0.192. The van der Waals surface area contributed by atoms with E-state index >= 15 is 0 Å². The molecule has 0 spiro atoms. The summed E-state index contributed by atoms with van der Waals surface area (Å²) >= 11 is 0. The summed E-state index contributed by atoms with van der Waals surface area (Å²) in [6, 6.07) is 17.5. The van der Waals surface area contributed by atoms with Crippen LogP contribution in [0.4, 0.5) is 5.69 Å². The maximum Gasteiger partial charge on any atom is 0.332 e. The van der Waals surface area contributed by atoms with Crippen molar-refractivity contribution >= 4 is 23.9 Å². The fourth-order valence-electron chi connectivity index (χ4n) is 3.47. The van der Waals surface area contributed by atoms with Gasteiger partial charge in [0.15, 0.2) is 0 Å². The van der Waals surface area contributed by atoms with Crippen LogP contribution in [0.25, 0.3) is 0 Å². The molecular formula is C26H32N2O4. The molecule has 1 aliphatic heterocycles. The van der Waals surface area contributed by atoms with Crippen molar-refractivity contribution in [2.45, 2.75) is 45.1 Å². The summed E-state index contributed by atoms with van der Waals surface area (Å²) in [4.78, 5) is 39.2. The minimum absolute atomic E-state index is 0.0113. The Morgan fingerprint density at radius 1 is 1.00 bits per heavy atom. The zero-order valence-corrected chi connectivity index (χ0v) is 19.0. The van der Waals surface area contributed by atoms with Crippen molar-refractivity contribution in [2.75, 3.05) is 19.0 Å². The molecule has 32 heavy (non-hydrogen) atoms. The molecule has 0 fully saturated rings. The first-order chi connectivity index (χ1) is 15.5. The Bertz CT molecular complexity index is 926. The van der Waals surface area contributed by atoms with Gasteiger partial charge in [-0.15, -0.1) is 6.58 Å². The number of aryl methyl sites for hydroxylation is 2. The number of benzene rings is 2. The Morgan fingerprint density at radius 3 is 2.31 bits per heavy atom. The van der Waals surface area contributed by atoms with Gasteiger partial charge in [0.1, 0.15) is 6.29 Å². The number of hydrogen-bond acceptors (Lipinski definition) is 5. The van der Waals surface area contributed by atoms with E-state index in [1.165, 1.54) is 29.4 Å². The van der Waals surface area contributed by atoms with Gasteiger partial charge >= 0.3 is 5.97 Å². The number of rotatable bonds is 6. The van der Waals surface area contributed by atoms with E-state index in [2.05, 4.69) is 71.9 Å². The first-order valence-corrected chi connectivity index (χ1v) is 10.8. The van der Waals surface area contributed by atoms with Crippen LogP contribution in [0.2, 0.25) is 0 Å². The highest BCUT2D eigenvalue weighted by atomic mass is 16.7. The average molecular weight is 437 g/mol. The topological polar surface area (TPSA) is 66.9 Å². The molecule has 170 valence electrons. The minimum atomic E-state index is -0.587. The molecule has 0 radical (unpaired) electrons. The number of hydrogen-bond donors (Lipinski definition) is 0. The third-order valence-electron chi connectivity index (χ3n) is 5.21. The van der Waals surface area contributed by atoms with Crippen molar-refractivity contribution in [2.24, 2.45) is 0 Å². The Balaban J connectivity index is 0.000000230. The zero-order valence-electron chi connectivity index (χ0n) is 19.0. The second kappa shape index (κ2) is 13.1. The molecule has 1 amide bonds. The number of hydroxylamine groups is 2. The van der Waals surface area contributed by atoms with Gasteiger partial charge in [-0.25, -0.2) is 4.79 Å². The van der Waals surface area contributed by atoms with E-state index in [1.54, 1.807) is 6.08 Å². The largest absolute Gasteiger partial charge is 0.370 e. The maximum absolute atomic E-state index is 11.2. The van der Waals surface area contributed by atoms with Crippen LogP contribution in [-0.4, -0.2) is 37.3 Å². The smallest absolute Gasteiger partial charge is 0.332 e. The number of fused-ring (bicyclic) bond motifs is 2. The van der Waals surface area contributed by atoms with Gasteiger partial charge < -0.3 is 14.5 Å². The highest BCUT2D eigenvalue weighted by molar-refractivity contribution is 5.78. The van der Waals surface area contributed by atoms with Crippen LogP contribution < -0.4 is 4.90 Å². The van der Waals surface area contributed by atoms with Gasteiger partial charge in [-0.2, -0.15) is 5.06 Å². The van der Waals surface area contributed by atoms with Crippen LogP contribution >= 0.6 is 0 Å². The molecule has 0 bridgehead atoms. The predicted octanol–water partition coefficient (Wildman–Crippen LogP) is 4.27. The van der Waals surface area contributed by atoms with Gasteiger partial charge in [-0.3, -0.25) is 4.79 Å². The molecule has 0 atom stereocenters. The second-order valence-electron chi connectivity index (χ2n) is 7.64. The molecule has 0 saturated carbocycles. The van der Waals surface area contributed by atoms with Gasteiger partial charge in [0.2, 0.25) is 0 Å². The Morgan fingerprint density at radius 2 is 1.62 bits per heavy atom. The standard InChI is InChI=1S/C16H17N.C10H15NO4/c1-17-12-15-8-3-2-6-13(15)10-11-14-7-4-5-9-16(14)17;1-3-4-6-9(13)11(2)15-10(14)7-5-8-12/h2-9H,10-12H2,1H3;3,8H,1,4-7H2,2H3. The summed E-state index contributed by atoms with van der Waals surface area (Å²) in [6.07, 6.45) is 5.41. The second-order valence-corrected chi connectivity index (χ2v) is 7.64. The quantitative estimate of drug-likeness (QED) is 0.384. The van der Waals surface area contributed by atoms with Crippen LogP contribution in [0.15, 0.2) is 61.2 Å². The number of carbonyl (C=O) groups is 3. The fraction of sp³-hybridized carbons (Fsp3) is 0.346. The van der Waals surface area contributed by atoms with Gasteiger partial charge in [-0.1, -0.05) is 48.5 Å². The highest BCUT2D eigenvalue weighted by Gasteiger charge is 2.14. The molecule has 0 N–H and O–H groups in total. The van der Waals surface area contributed by atoms with E-state index in [0.717, 1.165) is 24.4 Å². The molecule has 6 heteroatoms. The summed E-state index contributed by atoms with van der Waals surface area (Å²) in [5.74, 6) is -0.883. The third kappa shape index (κ3) is 7.69. The summed E-state index contributed by atoms with van der Waals surface area (Å²) in [5, 5.41) is 0.886. The summed E-state index contributed by atoms with van der Waals surface area (Å²) in [6.45, 7) is 4.48. The van der Waals surface area contributed by atoms with E-state index in [0.29, 0.717) is 12.7 Å². The lowest BCUT2D eigenvalue weighted by Crippen LogP contribution is -2.29. The van der Waals surface area contributed by atoms with Crippen LogP contribution in [0, 0.1) is 0 Å². The molecule has 1 aliphatic rings. The van der Waals surface area contributed by atoms with E-state index < -0.39 is 5.97 Å². The third-order valence-corrected chi connectivity index (χ3v) is 5.21. The molecular weight excluding hydrogens is 404 g/mol. The van der Waals surface area contributed by atoms with Crippen molar-refractivity contribution in [1.29, 1.82) is 0 Å². The molecule has 2 aromatic carbocycles. The number of carbonyl (C=O) groups excluding carboxylic acids is 3. The molecule has 0 saturated heterocycles. The SMILES string of the molecule is C=CCCC(=O)N(C)OC(=O)CCC=O.CN1Cc2ccccc2CCc2ccccc21. The molecule has 0 aliphatic carbocycles. The van der Waals surface area contributed by atoms with Gasteiger partial charge in [0.05, 0.1) is 6.42 Å². The summed E-state index contributed by atoms with van der Waals surface area (Å²) < 4.78 is 0. The van der Waals surface area contributed by atoms with Gasteiger partial charge in [-0.05, 0) is 42.0 Å².